The third-order valence-corrected chi connectivity index (χ3v) is 9.45. The van der Waals surface area contributed by atoms with Gasteiger partial charge in [0, 0.05) is 60.0 Å². The maximum absolute atomic E-state index is 14.7. The predicted molar refractivity (Wildman–Crippen MR) is 114 cm³/mol. The quantitative estimate of drug-likeness (QED) is 0.699. The van der Waals surface area contributed by atoms with Crippen LogP contribution in [0.1, 0.15) is 34.3 Å². The second-order valence-corrected chi connectivity index (χ2v) is 11.6. The van der Waals surface area contributed by atoms with Crippen LogP contribution in [0, 0.1) is 11.6 Å². The minimum Gasteiger partial charge on any atom is -0.318 e. The van der Waals surface area contributed by atoms with Crippen molar-refractivity contribution in [3.05, 3.63) is 64.7 Å². The molecule has 0 aromatic heterocycles. The summed E-state index contributed by atoms with van der Waals surface area (Å²) >= 11 is 0. The van der Waals surface area contributed by atoms with E-state index in [1.165, 1.54) is 31.0 Å². The first kappa shape index (κ1) is 19.8. The van der Waals surface area contributed by atoms with Crippen LogP contribution in [0.2, 0.25) is 0 Å². The van der Waals surface area contributed by atoms with Crippen molar-refractivity contribution in [3.8, 4) is 0 Å². The Morgan fingerprint density at radius 3 is 2.53 bits per heavy atom. The first-order valence-electron chi connectivity index (χ1n) is 10.4. The summed E-state index contributed by atoms with van der Waals surface area (Å²) in [6, 6.07) is 9.53. The van der Waals surface area contributed by atoms with E-state index in [1.54, 1.807) is 18.2 Å². The number of rotatable bonds is 4. The Morgan fingerprint density at radius 2 is 1.80 bits per heavy atom. The number of benzene rings is 2. The highest BCUT2D eigenvalue weighted by atomic mass is 31.2. The first-order chi connectivity index (χ1) is 14.4. The van der Waals surface area contributed by atoms with Crippen molar-refractivity contribution < 1.29 is 18.1 Å². The van der Waals surface area contributed by atoms with Crippen molar-refractivity contribution in [1.29, 1.82) is 0 Å². The highest BCUT2D eigenvalue weighted by Crippen LogP contribution is 2.48. The molecule has 1 aliphatic carbocycles. The van der Waals surface area contributed by atoms with Gasteiger partial charge in [-0.25, -0.2) is 8.78 Å². The molecule has 5 rings (SSSR count). The van der Waals surface area contributed by atoms with Crippen LogP contribution in [-0.2, 0) is 11.0 Å². The van der Waals surface area contributed by atoms with Gasteiger partial charge in [0.05, 0.1) is 0 Å². The van der Waals surface area contributed by atoms with Gasteiger partial charge in [-0.05, 0) is 48.7 Å². The number of fused-ring (bicyclic) bond motifs is 1. The van der Waals surface area contributed by atoms with Gasteiger partial charge in [0.1, 0.15) is 25.3 Å². The average Bonchev–Trinajstić information content (AvgIpc) is 3.57. The molecular weight excluding hydrogens is 405 g/mol. The molecule has 2 aromatic rings. The molecule has 2 aromatic carbocycles. The highest BCUT2D eigenvalue weighted by molar-refractivity contribution is 7.71. The Hall–Kier alpha value is -2.17. The molecule has 4 nitrogen and oxygen atoms in total. The number of ketones is 1. The summed E-state index contributed by atoms with van der Waals surface area (Å²) < 4.78 is 41.8. The molecule has 7 heteroatoms. The Bertz CT molecular complexity index is 1100. The molecular formula is C23H23F2N2O2P. The summed E-state index contributed by atoms with van der Waals surface area (Å²) in [7, 11) is -2.78. The van der Waals surface area contributed by atoms with E-state index in [2.05, 4.69) is 9.89 Å². The van der Waals surface area contributed by atoms with Crippen molar-refractivity contribution in [2.45, 2.75) is 25.3 Å². The third-order valence-electron chi connectivity index (χ3n) is 6.39. The minimum absolute atomic E-state index is 0.0185. The predicted octanol–water partition coefficient (Wildman–Crippen LogP) is 3.66. The van der Waals surface area contributed by atoms with E-state index in [0.717, 1.165) is 18.7 Å². The Kier molecular flexibility index (Phi) is 4.95. The van der Waals surface area contributed by atoms with Crippen LogP contribution >= 0.6 is 7.14 Å². The summed E-state index contributed by atoms with van der Waals surface area (Å²) in [5, 5.41) is 0.335. The van der Waals surface area contributed by atoms with E-state index in [0.29, 0.717) is 46.9 Å². The number of carbonyl (C=O) groups excluding carboxylic acids is 1. The van der Waals surface area contributed by atoms with Crippen LogP contribution in [0.15, 0.2) is 41.4 Å². The molecule has 3 aliphatic rings. The molecule has 0 N–H and O–H groups in total. The SMILES string of the molecule is O=C1CN=C(Cc2ccc(F)c(P3(=O)CCN(C4CC4)CC3)c2)c2ccc(F)cc21. The van der Waals surface area contributed by atoms with Gasteiger partial charge in [0.25, 0.3) is 0 Å². The van der Waals surface area contributed by atoms with Crippen LogP contribution in [-0.4, -0.2) is 54.4 Å². The molecule has 0 unspecified atom stereocenters. The molecule has 0 spiro atoms. The summed E-state index contributed by atoms with van der Waals surface area (Å²) in [6.07, 6.45) is 3.84. The van der Waals surface area contributed by atoms with E-state index in [4.69, 9.17) is 0 Å². The Labute approximate surface area is 174 Å². The van der Waals surface area contributed by atoms with Gasteiger partial charge in [0.2, 0.25) is 0 Å². The molecule has 1 saturated heterocycles. The zero-order valence-electron chi connectivity index (χ0n) is 16.6. The number of carbonyl (C=O) groups is 1. The summed E-state index contributed by atoms with van der Waals surface area (Å²) in [6.45, 7) is 1.51. The first-order valence-corrected chi connectivity index (χ1v) is 12.5. The fourth-order valence-corrected chi connectivity index (χ4v) is 7.24. The van der Waals surface area contributed by atoms with Crippen LogP contribution in [0.25, 0.3) is 0 Å². The molecule has 1 saturated carbocycles. The lowest BCUT2D eigenvalue weighted by molar-refractivity contribution is 0.0999. The van der Waals surface area contributed by atoms with Crippen molar-refractivity contribution in [1.82, 2.24) is 4.90 Å². The van der Waals surface area contributed by atoms with Gasteiger partial charge >= 0.3 is 0 Å². The summed E-state index contributed by atoms with van der Waals surface area (Å²) in [5.74, 6) is -1.08. The maximum Gasteiger partial charge on any atom is 0.184 e. The molecule has 156 valence electrons. The Balaban J connectivity index is 1.41. The smallest absolute Gasteiger partial charge is 0.184 e. The second-order valence-electron chi connectivity index (χ2n) is 8.44. The van der Waals surface area contributed by atoms with Crippen molar-refractivity contribution in [3.63, 3.8) is 0 Å². The van der Waals surface area contributed by atoms with Gasteiger partial charge in [-0.2, -0.15) is 0 Å². The van der Waals surface area contributed by atoms with Crippen LogP contribution in [0.4, 0.5) is 8.78 Å². The zero-order valence-corrected chi connectivity index (χ0v) is 17.5. The molecule has 2 fully saturated rings. The van der Waals surface area contributed by atoms with Crippen molar-refractivity contribution in [2.24, 2.45) is 4.99 Å². The molecule has 30 heavy (non-hydrogen) atoms. The fourth-order valence-electron chi connectivity index (χ4n) is 4.51. The maximum atomic E-state index is 14.7. The van der Waals surface area contributed by atoms with Gasteiger partial charge in [0.15, 0.2) is 5.78 Å². The molecule has 0 radical (unpaired) electrons. The number of Topliss-reactive ketones (excluding diaryl/α,β-unsaturated/α-hetero) is 1. The lowest BCUT2D eigenvalue weighted by atomic mass is 9.93. The van der Waals surface area contributed by atoms with E-state index in [9.17, 15) is 18.1 Å². The molecule has 2 heterocycles. The van der Waals surface area contributed by atoms with Crippen LogP contribution in [0.5, 0.6) is 0 Å². The van der Waals surface area contributed by atoms with Crippen molar-refractivity contribution in [2.75, 3.05) is 32.0 Å². The van der Waals surface area contributed by atoms with Gasteiger partial charge < -0.3 is 4.57 Å². The van der Waals surface area contributed by atoms with Crippen LogP contribution in [0.3, 0.4) is 0 Å². The summed E-state index contributed by atoms with van der Waals surface area (Å²) in [5.41, 5.74) is 2.42. The van der Waals surface area contributed by atoms with E-state index in [1.807, 2.05) is 0 Å². The van der Waals surface area contributed by atoms with E-state index < -0.39 is 18.8 Å². The molecule has 0 bridgehead atoms. The molecule has 0 atom stereocenters. The van der Waals surface area contributed by atoms with E-state index in [-0.39, 0.29) is 12.3 Å². The number of aliphatic imine (C=N–C) groups is 1. The third kappa shape index (κ3) is 3.67. The standard InChI is InChI=1S/C23H23F2N2O2P/c24-16-2-5-18-19(13-16)22(28)14-26-21(18)11-15-1-6-20(25)23(12-15)30(29)9-7-27(8-10-30)17-3-4-17/h1-2,5-6,12-13,17H,3-4,7-11,14H2. The fraction of sp³-hybridized carbons (Fsp3) is 0.391. The van der Waals surface area contributed by atoms with Crippen molar-refractivity contribution >= 4 is 23.9 Å². The molecule has 0 amide bonds. The Morgan fingerprint density at radius 1 is 1.03 bits per heavy atom. The highest BCUT2D eigenvalue weighted by Gasteiger charge is 2.38. The number of hydrogen-bond donors (Lipinski definition) is 0. The normalized spacial score (nSPS) is 21.3. The number of hydrogen-bond acceptors (Lipinski definition) is 4. The number of nitrogens with zero attached hydrogens (tertiary/aromatic N) is 2. The largest absolute Gasteiger partial charge is 0.318 e. The topological polar surface area (TPSA) is 49.7 Å². The second kappa shape index (κ2) is 7.51. The zero-order chi connectivity index (χ0) is 20.9. The lowest BCUT2D eigenvalue weighted by Gasteiger charge is -2.32. The van der Waals surface area contributed by atoms with E-state index >= 15 is 0 Å². The lowest BCUT2D eigenvalue weighted by Crippen LogP contribution is -2.39. The summed E-state index contributed by atoms with van der Waals surface area (Å²) in [4.78, 5) is 18.8. The van der Waals surface area contributed by atoms with Gasteiger partial charge in [-0.3, -0.25) is 14.7 Å². The van der Waals surface area contributed by atoms with Gasteiger partial charge in [-0.15, -0.1) is 0 Å². The monoisotopic (exact) mass is 428 g/mol. The minimum atomic E-state index is -2.78. The van der Waals surface area contributed by atoms with Gasteiger partial charge in [-0.1, -0.05) is 6.07 Å². The average molecular weight is 428 g/mol. The van der Waals surface area contributed by atoms with Crippen LogP contribution < -0.4 is 5.30 Å². The molecule has 2 aliphatic heterocycles. The number of halogens is 2.